The number of aliphatic hydroxyl groups excluding tert-OH is 2. The Hall–Kier alpha value is -0.0800. The van der Waals surface area contributed by atoms with E-state index in [2.05, 4.69) is 0 Å². The molecule has 1 aliphatic carbocycles. The molecular weight excluding hydrogens is 212 g/mol. The maximum Gasteiger partial charge on any atom is 0.0509 e. The quantitative estimate of drug-likeness (QED) is 0.776. The molecule has 2 N–H and O–H groups in total. The lowest BCUT2D eigenvalue weighted by molar-refractivity contribution is 0.0354. The zero-order chi connectivity index (χ0) is 12.4. The lowest BCUT2D eigenvalue weighted by Crippen LogP contribution is -2.29. The van der Waals surface area contributed by atoms with Crippen molar-refractivity contribution in [3.05, 3.63) is 0 Å². The fourth-order valence-corrected chi connectivity index (χ4v) is 2.91. The van der Waals surface area contributed by atoms with Crippen molar-refractivity contribution in [3.8, 4) is 0 Å². The molecule has 1 fully saturated rings. The molecule has 0 atom stereocenters. The van der Waals surface area contributed by atoms with Gasteiger partial charge < -0.3 is 10.2 Å². The zero-order valence-corrected chi connectivity index (χ0v) is 11.3. The average molecular weight is 242 g/mol. The van der Waals surface area contributed by atoms with Crippen molar-refractivity contribution < 1.29 is 10.2 Å². The van der Waals surface area contributed by atoms with Crippen LogP contribution < -0.4 is 0 Å². The first-order valence-electron chi connectivity index (χ1n) is 7.55. The van der Waals surface area contributed by atoms with Crippen molar-refractivity contribution in [2.24, 2.45) is 5.41 Å². The molecule has 2 heteroatoms. The van der Waals surface area contributed by atoms with Crippen LogP contribution in [-0.2, 0) is 0 Å². The predicted molar refractivity (Wildman–Crippen MR) is 72.0 cm³/mol. The topological polar surface area (TPSA) is 40.5 Å². The van der Waals surface area contributed by atoms with Gasteiger partial charge in [0.1, 0.15) is 0 Å². The summed E-state index contributed by atoms with van der Waals surface area (Å²) in [6.07, 6.45) is 15.0. The van der Waals surface area contributed by atoms with Gasteiger partial charge in [0.25, 0.3) is 0 Å². The molecule has 17 heavy (non-hydrogen) atoms. The summed E-state index contributed by atoms with van der Waals surface area (Å²) < 4.78 is 0. The molecular formula is C15H30O2. The summed E-state index contributed by atoms with van der Waals surface area (Å²) in [5.74, 6) is 0. The summed E-state index contributed by atoms with van der Waals surface area (Å²) in [4.78, 5) is 0. The van der Waals surface area contributed by atoms with E-state index in [0.717, 1.165) is 12.8 Å². The Kier molecular flexibility index (Phi) is 7.87. The monoisotopic (exact) mass is 242 g/mol. The van der Waals surface area contributed by atoms with E-state index in [1.807, 2.05) is 0 Å². The van der Waals surface area contributed by atoms with Crippen LogP contribution in [0.2, 0.25) is 0 Å². The lowest BCUT2D eigenvalue weighted by atomic mass is 9.79. The van der Waals surface area contributed by atoms with Gasteiger partial charge in [-0.05, 0) is 12.8 Å². The Morgan fingerprint density at radius 2 is 0.824 bits per heavy atom. The summed E-state index contributed by atoms with van der Waals surface area (Å²) in [6, 6.07) is 0. The van der Waals surface area contributed by atoms with Crippen molar-refractivity contribution in [1.82, 2.24) is 0 Å². The van der Waals surface area contributed by atoms with Gasteiger partial charge in [-0.2, -0.15) is 0 Å². The van der Waals surface area contributed by atoms with E-state index in [9.17, 15) is 10.2 Å². The fraction of sp³-hybridized carbons (Fsp3) is 1.00. The summed E-state index contributed by atoms with van der Waals surface area (Å²) in [5.41, 5.74) is -0.186. The van der Waals surface area contributed by atoms with Crippen LogP contribution in [0.5, 0.6) is 0 Å². The molecule has 0 aromatic rings. The number of hydrogen-bond donors (Lipinski definition) is 2. The van der Waals surface area contributed by atoms with Crippen LogP contribution >= 0.6 is 0 Å². The van der Waals surface area contributed by atoms with E-state index in [0.29, 0.717) is 0 Å². The Balaban J connectivity index is 2.41. The molecule has 0 heterocycles. The zero-order valence-electron chi connectivity index (χ0n) is 11.3. The molecule has 1 saturated carbocycles. The fourth-order valence-electron chi connectivity index (χ4n) is 2.91. The second-order valence-corrected chi connectivity index (χ2v) is 5.85. The summed E-state index contributed by atoms with van der Waals surface area (Å²) in [5, 5.41) is 19.1. The van der Waals surface area contributed by atoms with Gasteiger partial charge in [-0.3, -0.25) is 0 Å². The third-order valence-electron chi connectivity index (χ3n) is 4.34. The van der Waals surface area contributed by atoms with E-state index in [1.54, 1.807) is 0 Å². The first kappa shape index (κ1) is 15.0. The Bertz CT molecular complexity index is 160. The molecule has 0 aromatic heterocycles. The van der Waals surface area contributed by atoms with Crippen LogP contribution in [0.3, 0.4) is 0 Å². The SMILES string of the molecule is OCC1(CO)CCCCCCCCCCCC1. The van der Waals surface area contributed by atoms with Crippen LogP contribution in [0.1, 0.15) is 77.0 Å². The average Bonchev–Trinajstić information content (AvgIpc) is 2.39. The highest BCUT2D eigenvalue weighted by Crippen LogP contribution is 2.31. The number of hydrogen-bond acceptors (Lipinski definition) is 2. The van der Waals surface area contributed by atoms with Crippen LogP contribution in [-0.4, -0.2) is 23.4 Å². The molecule has 0 radical (unpaired) electrons. The van der Waals surface area contributed by atoms with Gasteiger partial charge in [-0.1, -0.05) is 64.2 Å². The Morgan fingerprint density at radius 1 is 0.529 bits per heavy atom. The van der Waals surface area contributed by atoms with Crippen LogP contribution in [0.25, 0.3) is 0 Å². The van der Waals surface area contributed by atoms with Crippen molar-refractivity contribution in [2.75, 3.05) is 13.2 Å². The Morgan fingerprint density at radius 3 is 1.12 bits per heavy atom. The van der Waals surface area contributed by atoms with Crippen molar-refractivity contribution >= 4 is 0 Å². The van der Waals surface area contributed by atoms with Gasteiger partial charge in [0.15, 0.2) is 0 Å². The van der Waals surface area contributed by atoms with Crippen molar-refractivity contribution in [3.63, 3.8) is 0 Å². The molecule has 0 aliphatic heterocycles. The summed E-state index contributed by atoms with van der Waals surface area (Å²) >= 11 is 0. The smallest absolute Gasteiger partial charge is 0.0509 e. The maximum atomic E-state index is 9.54. The molecule has 1 rings (SSSR count). The molecule has 0 bridgehead atoms. The van der Waals surface area contributed by atoms with E-state index in [-0.39, 0.29) is 18.6 Å². The second kappa shape index (κ2) is 8.93. The molecule has 1 aliphatic rings. The van der Waals surface area contributed by atoms with Crippen LogP contribution in [0, 0.1) is 5.41 Å². The molecule has 0 aromatic carbocycles. The number of rotatable bonds is 2. The van der Waals surface area contributed by atoms with Gasteiger partial charge in [0, 0.05) is 5.41 Å². The minimum Gasteiger partial charge on any atom is -0.396 e. The lowest BCUT2D eigenvalue weighted by Gasteiger charge is -2.30. The van der Waals surface area contributed by atoms with Crippen LogP contribution in [0.4, 0.5) is 0 Å². The highest BCUT2D eigenvalue weighted by atomic mass is 16.3. The van der Waals surface area contributed by atoms with Gasteiger partial charge in [-0.15, -0.1) is 0 Å². The van der Waals surface area contributed by atoms with E-state index in [1.165, 1.54) is 64.2 Å². The van der Waals surface area contributed by atoms with Crippen LogP contribution in [0.15, 0.2) is 0 Å². The highest BCUT2D eigenvalue weighted by molar-refractivity contribution is 4.78. The summed E-state index contributed by atoms with van der Waals surface area (Å²) in [6.45, 7) is 0.312. The molecule has 0 amide bonds. The summed E-state index contributed by atoms with van der Waals surface area (Å²) in [7, 11) is 0. The van der Waals surface area contributed by atoms with Gasteiger partial charge in [0.2, 0.25) is 0 Å². The van der Waals surface area contributed by atoms with Crippen molar-refractivity contribution in [2.45, 2.75) is 77.0 Å². The minimum absolute atomic E-state index is 0.156. The molecule has 0 spiro atoms. The second-order valence-electron chi connectivity index (χ2n) is 5.85. The maximum absolute atomic E-state index is 9.54. The van der Waals surface area contributed by atoms with Gasteiger partial charge in [-0.25, -0.2) is 0 Å². The highest BCUT2D eigenvalue weighted by Gasteiger charge is 2.27. The standard InChI is InChI=1S/C15H30O2/c16-13-15(14-17)11-9-7-5-3-1-2-4-6-8-10-12-15/h16-17H,1-14H2. The molecule has 102 valence electrons. The largest absolute Gasteiger partial charge is 0.396 e. The molecule has 2 nitrogen and oxygen atoms in total. The van der Waals surface area contributed by atoms with Gasteiger partial charge >= 0.3 is 0 Å². The normalized spacial score (nSPS) is 24.4. The van der Waals surface area contributed by atoms with E-state index < -0.39 is 0 Å². The van der Waals surface area contributed by atoms with E-state index >= 15 is 0 Å². The molecule has 0 saturated heterocycles. The molecule has 0 unspecified atom stereocenters. The third kappa shape index (κ3) is 5.87. The van der Waals surface area contributed by atoms with E-state index in [4.69, 9.17) is 0 Å². The third-order valence-corrected chi connectivity index (χ3v) is 4.34. The minimum atomic E-state index is -0.186. The predicted octanol–water partition coefficient (Wildman–Crippen LogP) is 3.65. The Labute approximate surface area is 106 Å². The first-order chi connectivity index (χ1) is 8.33. The first-order valence-corrected chi connectivity index (χ1v) is 7.55. The van der Waals surface area contributed by atoms with Gasteiger partial charge in [0.05, 0.1) is 13.2 Å². The number of aliphatic hydroxyl groups is 2. The van der Waals surface area contributed by atoms with Crippen molar-refractivity contribution in [1.29, 1.82) is 0 Å².